The molecule has 11 heavy (non-hydrogen) atoms. The fourth-order valence-electron chi connectivity index (χ4n) is 0.833. The van der Waals surface area contributed by atoms with Crippen molar-refractivity contribution < 1.29 is 4.74 Å². The number of pyridine rings is 1. The van der Waals surface area contributed by atoms with E-state index >= 15 is 0 Å². The maximum Gasteiger partial charge on any atom is 0.195 e. The number of aromatic nitrogens is 1. The number of fused-ring (bicyclic) bond motifs is 1. The van der Waals surface area contributed by atoms with Crippen molar-refractivity contribution in [3.63, 3.8) is 0 Å². The third kappa shape index (κ3) is 1.12. The summed E-state index contributed by atoms with van der Waals surface area (Å²) in [7, 11) is 0. The topological polar surface area (TPSA) is 34.5 Å². The van der Waals surface area contributed by atoms with Gasteiger partial charge in [-0.15, -0.1) is 0 Å². The summed E-state index contributed by atoms with van der Waals surface area (Å²) in [5.41, 5.74) is 0. The number of allylic oxidation sites excluding steroid dienone is 1. The third-order valence-corrected chi connectivity index (χ3v) is 1.31. The van der Waals surface area contributed by atoms with Crippen LogP contribution < -0.4 is 4.74 Å². The second-order valence-corrected chi connectivity index (χ2v) is 2.05. The Balaban J connectivity index is 2.52. The smallest absolute Gasteiger partial charge is 0.195 e. The number of hydrogen-bond donors (Lipinski definition) is 0. The standard InChI is InChI=1S/C8H6N2O/c1-3-7-8(9-4-1)10-5-2-6-11-7/h1-6H. The van der Waals surface area contributed by atoms with Crippen LogP contribution in [0.15, 0.2) is 35.7 Å². The Morgan fingerprint density at radius 2 is 2.36 bits per heavy atom. The summed E-state index contributed by atoms with van der Waals surface area (Å²) < 4.78 is 5.18. The highest BCUT2D eigenvalue weighted by molar-refractivity contribution is 5.75. The molecule has 0 saturated carbocycles. The lowest BCUT2D eigenvalue weighted by Crippen LogP contribution is -1.81. The zero-order valence-electron chi connectivity index (χ0n) is 5.77. The molecule has 0 unspecified atom stereocenters. The Kier molecular flexibility index (Phi) is 1.41. The molecule has 0 atom stereocenters. The number of ether oxygens (including phenoxy) is 1. The molecule has 1 aliphatic heterocycles. The van der Waals surface area contributed by atoms with E-state index in [1.54, 1.807) is 24.7 Å². The molecule has 0 aliphatic carbocycles. The minimum atomic E-state index is 0.623. The minimum Gasteiger partial charge on any atom is -0.461 e. The molecule has 2 heterocycles. The Morgan fingerprint density at radius 1 is 1.36 bits per heavy atom. The molecule has 1 aromatic heterocycles. The van der Waals surface area contributed by atoms with Gasteiger partial charge >= 0.3 is 0 Å². The lowest BCUT2D eigenvalue weighted by molar-refractivity contribution is 0.483. The first-order valence-electron chi connectivity index (χ1n) is 3.28. The number of rotatable bonds is 0. The van der Waals surface area contributed by atoms with Gasteiger partial charge in [0.05, 0.1) is 6.26 Å². The van der Waals surface area contributed by atoms with Crippen molar-refractivity contribution in [3.8, 4) is 5.75 Å². The van der Waals surface area contributed by atoms with E-state index < -0.39 is 0 Å². The summed E-state index contributed by atoms with van der Waals surface area (Å²) in [5, 5.41) is 0. The molecule has 0 aromatic carbocycles. The summed E-state index contributed by atoms with van der Waals surface area (Å²) >= 11 is 0. The van der Waals surface area contributed by atoms with Crippen molar-refractivity contribution in [1.29, 1.82) is 0 Å². The van der Waals surface area contributed by atoms with Crippen LogP contribution in [0, 0.1) is 0 Å². The number of nitrogens with zero attached hydrogens (tertiary/aromatic N) is 2. The third-order valence-electron chi connectivity index (χ3n) is 1.31. The van der Waals surface area contributed by atoms with Gasteiger partial charge in [0.15, 0.2) is 11.6 Å². The number of aliphatic imine (C=N–C) groups is 1. The zero-order chi connectivity index (χ0) is 7.52. The maximum absolute atomic E-state index is 5.18. The molecule has 0 bridgehead atoms. The van der Waals surface area contributed by atoms with Crippen LogP contribution in [0.1, 0.15) is 0 Å². The zero-order valence-corrected chi connectivity index (χ0v) is 5.77. The lowest BCUT2D eigenvalue weighted by atomic mass is 10.4. The van der Waals surface area contributed by atoms with E-state index in [9.17, 15) is 0 Å². The Bertz CT molecular complexity index is 318. The van der Waals surface area contributed by atoms with Gasteiger partial charge < -0.3 is 4.74 Å². The summed E-state index contributed by atoms with van der Waals surface area (Å²) in [4.78, 5) is 8.06. The molecule has 0 fully saturated rings. The molecular formula is C8H6N2O. The van der Waals surface area contributed by atoms with Gasteiger partial charge in [-0.1, -0.05) is 0 Å². The molecule has 0 saturated heterocycles. The van der Waals surface area contributed by atoms with E-state index in [0.717, 1.165) is 0 Å². The fourth-order valence-corrected chi connectivity index (χ4v) is 0.833. The predicted molar refractivity (Wildman–Crippen MR) is 42.2 cm³/mol. The van der Waals surface area contributed by atoms with Crippen molar-refractivity contribution >= 4 is 12.0 Å². The van der Waals surface area contributed by atoms with Crippen LogP contribution in [0.5, 0.6) is 5.75 Å². The van der Waals surface area contributed by atoms with Crippen LogP contribution in [-0.4, -0.2) is 11.2 Å². The summed E-state index contributed by atoms with van der Waals surface area (Å²) in [6.45, 7) is 0. The molecule has 0 amide bonds. The molecule has 2 rings (SSSR count). The van der Waals surface area contributed by atoms with Crippen LogP contribution >= 0.6 is 0 Å². The van der Waals surface area contributed by atoms with Gasteiger partial charge in [-0.3, -0.25) is 0 Å². The highest BCUT2D eigenvalue weighted by Crippen LogP contribution is 2.24. The number of hydrogen-bond acceptors (Lipinski definition) is 3. The average molecular weight is 146 g/mol. The fraction of sp³-hybridized carbons (Fsp3) is 0. The van der Waals surface area contributed by atoms with Gasteiger partial charge in [-0.25, -0.2) is 9.98 Å². The summed E-state index contributed by atoms with van der Waals surface area (Å²) in [6.07, 6.45) is 6.64. The van der Waals surface area contributed by atoms with Gasteiger partial charge in [0.2, 0.25) is 0 Å². The second kappa shape index (κ2) is 2.54. The van der Waals surface area contributed by atoms with Crippen molar-refractivity contribution in [1.82, 2.24) is 4.98 Å². The van der Waals surface area contributed by atoms with Crippen LogP contribution in [0.25, 0.3) is 0 Å². The lowest BCUT2D eigenvalue weighted by Gasteiger charge is -1.98. The van der Waals surface area contributed by atoms with Crippen molar-refractivity contribution in [3.05, 3.63) is 30.7 Å². The normalized spacial score (nSPS) is 13.5. The second-order valence-electron chi connectivity index (χ2n) is 2.05. The van der Waals surface area contributed by atoms with Crippen molar-refractivity contribution in [2.75, 3.05) is 0 Å². The highest BCUT2D eigenvalue weighted by Gasteiger charge is 2.01. The molecular weight excluding hydrogens is 140 g/mol. The molecule has 0 N–H and O–H groups in total. The van der Waals surface area contributed by atoms with Crippen LogP contribution in [0.3, 0.4) is 0 Å². The molecule has 0 radical (unpaired) electrons. The molecule has 3 heteroatoms. The van der Waals surface area contributed by atoms with E-state index in [4.69, 9.17) is 4.74 Å². The van der Waals surface area contributed by atoms with E-state index in [0.29, 0.717) is 11.6 Å². The van der Waals surface area contributed by atoms with E-state index in [2.05, 4.69) is 9.98 Å². The van der Waals surface area contributed by atoms with Crippen molar-refractivity contribution in [2.45, 2.75) is 0 Å². The average Bonchev–Trinajstić information content (AvgIpc) is 2.28. The van der Waals surface area contributed by atoms with Crippen LogP contribution in [0.2, 0.25) is 0 Å². The molecule has 0 spiro atoms. The monoisotopic (exact) mass is 146 g/mol. The van der Waals surface area contributed by atoms with Crippen molar-refractivity contribution in [2.24, 2.45) is 4.99 Å². The quantitative estimate of drug-likeness (QED) is 0.558. The molecule has 1 aromatic rings. The predicted octanol–water partition coefficient (Wildman–Crippen LogP) is 1.69. The van der Waals surface area contributed by atoms with E-state index in [-0.39, 0.29) is 0 Å². The van der Waals surface area contributed by atoms with Gasteiger partial charge in [-0.2, -0.15) is 0 Å². The van der Waals surface area contributed by atoms with Gasteiger partial charge in [-0.05, 0) is 18.2 Å². The molecule has 54 valence electrons. The van der Waals surface area contributed by atoms with Gasteiger partial charge in [0.25, 0.3) is 0 Å². The summed E-state index contributed by atoms with van der Waals surface area (Å²) in [5.74, 6) is 1.31. The SMILES string of the molecule is C1=COc2cccnc2N=C1. The summed E-state index contributed by atoms with van der Waals surface area (Å²) in [6, 6.07) is 3.64. The highest BCUT2D eigenvalue weighted by atomic mass is 16.5. The van der Waals surface area contributed by atoms with E-state index in [1.165, 1.54) is 0 Å². The molecule has 1 aliphatic rings. The van der Waals surface area contributed by atoms with Crippen LogP contribution in [0.4, 0.5) is 5.82 Å². The molecule has 3 nitrogen and oxygen atoms in total. The van der Waals surface area contributed by atoms with Gasteiger partial charge in [0, 0.05) is 12.4 Å². The Labute approximate surface area is 64.1 Å². The van der Waals surface area contributed by atoms with Crippen LogP contribution in [-0.2, 0) is 0 Å². The maximum atomic E-state index is 5.18. The Morgan fingerprint density at radius 3 is 3.36 bits per heavy atom. The first kappa shape index (κ1) is 6.09. The minimum absolute atomic E-state index is 0.623. The Hall–Kier alpha value is -1.64. The van der Waals surface area contributed by atoms with E-state index in [1.807, 2.05) is 12.1 Å². The largest absolute Gasteiger partial charge is 0.461 e. The first-order chi connectivity index (χ1) is 5.47. The first-order valence-corrected chi connectivity index (χ1v) is 3.28. The van der Waals surface area contributed by atoms with Gasteiger partial charge in [0.1, 0.15) is 0 Å².